The molecule has 2 aliphatic rings. The topological polar surface area (TPSA) is 82.6 Å². The number of anilines is 2. The maximum Gasteiger partial charge on any atom is 0.258 e. The number of fused-ring (bicyclic) bond motifs is 1. The summed E-state index contributed by atoms with van der Waals surface area (Å²) in [6.07, 6.45) is 0.836. The van der Waals surface area contributed by atoms with Crippen LogP contribution in [0.3, 0.4) is 0 Å². The van der Waals surface area contributed by atoms with Crippen molar-refractivity contribution in [2.45, 2.75) is 19.4 Å². The molecule has 0 aliphatic carbocycles. The molecule has 1 atom stereocenters. The summed E-state index contributed by atoms with van der Waals surface area (Å²) in [5, 5.41) is 7.64. The fraction of sp³-hybridized carbons (Fsp3) is 0.273. The van der Waals surface area contributed by atoms with Crippen LogP contribution in [0.25, 0.3) is 0 Å². The number of rotatable bonds is 4. The molecule has 0 saturated carbocycles. The smallest absolute Gasteiger partial charge is 0.258 e. The molecule has 5 rings (SSSR count). The van der Waals surface area contributed by atoms with Gasteiger partial charge in [0.05, 0.1) is 23.7 Å². The van der Waals surface area contributed by atoms with Crippen molar-refractivity contribution in [2.75, 3.05) is 23.3 Å². The van der Waals surface area contributed by atoms with E-state index in [0.717, 1.165) is 16.3 Å². The first-order valence-corrected chi connectivity index (χ1v) is 12.3. The second-order valence-corrected chi connectivity index (χ2v) is 10.0. The molecule has 1 fully saturated rings. The van der Waals surface area contributed by atoms with Crippen LogP contribution in [-0.2, 0) is 22.6 Å². The highest BCUT2D eigenvalue weighted by Gasteiger charge is 2.38. The molecule has 1 saturated heterocycles. The first kappa shape index (κ1) is 21.1. The minimum Gasteiger partial charge on any atom is -0.337 e. The number of hydrogen-bond acceptors (Lipinski definition) is 6. The number of benzene rings is 1. The molecule has 0 spiro atoms. The van der Waals surface area contributed by atoms with Crippen LogP contribution in [0.15, 0.2) is 41.1 Å². The van der Waals surface area contributed by atoms with Crippen LogP contribution < -0.4 is 10.2 Å². The quantitative estimate of drug-likeness (QED) is 0.603. The summed E-state index contributed by atoms with van der Waals surface area (Å²) < 4.78 is 0. The molecule has 1 aromatic carbocycles. The second-order valence-electron chi connectivity index (χ2n) is 7.75. The molecule has 1 unspecified atom stereocenters. The lowest BCUT2D eigenvalue weighted by atomic mass is 10.1. The highest BCUT2D eigenvalue weighted by atomic mass is 35.5. The van der Waals surface area contributed by atoms with Crippen LogP contribution in [0, 0.1) is 5.92 Å². The van der Waals surface area contributed by atoms with Gasteiger partial charge in [-0.15, -0.1) is 0 Å². The Labute approximate surface area is 197 Å². The summed E-state index contributed by atoms with van der Waals surface area (Å²) in [5.74, 6) is -0.625. The van der Waals surface area contributed by atoms with Gasteiger partial charge in [-0.3, -0.25) is 19.7 Å². The summed E-state index contributed by atoms with van der Waals surface area (Å²) in [4.78, 5) is 47.0. The molecule has 7 nitrogen and oxygen atoms in total. The molecule has 164 valence electrons. The lowest BCUT2D eigenvalue weighted by Crippen LogP contribution is -2.40. The first-order valence-electron chi connectivity index (χ1n) is 10.1. The highest BCUT2D eigenvalue weighted by molar-refractivity contribution is 7.16. The summed E-state index contributed by atoms with van der Waals surface area (Å²) in [6.45, 7) is 1.37. The number of nitrogens with one attached hydrogen (secondary N) is 1. The summed E-state index contributed by atoms with van der Waals surface area (Å²) in [7, 11) is 0. The molecule has 10 heteroatoms. The highest BCUT2D eigenvalue weighted by Crippen LogP contribution is 2.32. The molecule has 0 radical (unpaired) electrons. The second kappa shape index (κ2) is 8.65. The van der Waals surface area contributed by atoms with Crippen molar-refractivity contribution in [3.8, 4) is 0 Å². The zero-order valence-corrected chi connectivity index (χ0v) is 19.3. The third-order valence-corrected chi connectivity index (χ3v) is 7.59. The molecule has 32 heavy (non-hydrogen) atoms. The number of nitrogens with zero attached hydrogens (tertiary/aromatic N) is 3. The number of thiophene rings is 1. The van der Waals surface area contributed by atoms with Crippen molar-refractivity contribution in [1.82, 2.24) is 9.88 Å². The van der Waals surface area contributed by atoms with Crippen molar-refractivity contribution in [1.29, 1.82) is 0 Å². The Morgan fingerprint density at radius 2 is 2.00 bits per heavy atom. The maximum absolute atomic E-state index is 13.2. The van der Waals surface area contributed by atoms with Gasteiger partial charge in [0.15, 0.2) is 5.13 Å². The van der Waals surface area contributed by atoms with E-state index in [0.29, 0.717) is 41.8 Å². The Kier molecular flexibility index (Phi) is 5.71. The third-order valence-electron chi connectivity index (χ3n) is 5.66. The Morgan fingerprint density at radius 1 is 1.19 bits per heavy atom. The summed E-state index contributed by atoms with van der Waals surface area (Å²) in [6, 6.07) is 8.84. The van der Waals surface area contributed by atoms with Crippen LogP contribution in [0.1, 0.15) is 27.3 Å². The Hall–Kier alpha value is -2.75. The van der Waals surface area contributed by atoms with Crippen LogP contribution in [0.4, 0.5) is 10.8 Å². The van der Waals surface area contributed by atoms with Gasteiger partial charge in [0.2, 0.25) is 11.8 Å². The van der Waals surface area contributed by atoms with Gasteiger partial charge >= 0.3 is 0 Å². The van der Waals surface area contributed by atoms with Gasteiger partial charge < -0.3 is 9.80 Å². The number of carbonyl (C=O) groups excluding carboxylic acids is 3. The molecule has 3 amide bonds. The van der Waals surface area contributed by atoms with Crippen molar-refractivity contribution in [3.63, 3.8) is 0 Å². The monoisotopic (exact) mass is 486 g/mol. The number of halogens is 1. The molecule has 2 aliphatic heterocycles. The molecule has 1 N–H and O–H groups in total. The van der Waals surface area contributed by atoms with Gasteiger partial charge in [-0.1, -0.05) is 22.9 Å². The summed E-state index contributed by atoms with van der Waals surface area (Å²) in [5.41, 5.74) is 2.28. The van der Waals surface area contributed by atoms with Gasteiger partial charge in [-0.2, -0.15) is 11.3 Å². The SMILES string of the molecule is O=C(Nc1nc2c(s1)CN(C(=O)C1CC(=O)N(c3ccc(Cl)cc3)C1)CC2)c1ccsc1. The van der Waals surface area contributed by atoms with Gasteiger partial charge in [-0.05, 0) is 35.7 Å². The molecular formula is C22H19ClN4O3S2. The van der Waals surface area contributed by atoms with E-state index < -0.39 is 0 Å². The number of hydrogen-bond donors (Lipinski definition) is 1. The van der Waals surface area contributed by atoms with Crippen molar-refractivity contribution in [2.24, 2.45) is 5.92 Å². The molecule has 2 aromatic heterocycles. The van der Waals surface area contributed by atoms with Crippen molar-refractivity contribution < 1.29 is 14.4 Å². The predicted molar refractivity (Wildman–Crippen MR) is 125 cm³/mol. The Bertz CT molecular complexity index is 1180. The van der Waals surface area contributed by atoms with E-state index in [4.69, 9.17) is 11.6 Å². The van der Waals surface area contributed by atoms with E-state index in [-0.39, 0.29) is 30.1 Å². The van der Waals surface area contributed by atoms with E-state index in [1.807, 2.05) is 5.38 Å². The zero-order chi connectivity index (χ0) is 22.2. The largest absolute Gasteiger partial charge is 0.337 e. The number of carbonyl (C=O) groups is 3. The Morgan fingerprint density at radius 3 is 2.75 bits per heavy atom. The normalized spacial score (nSPS) is 18.0. The van der Waals surface area contributed by atoms with Crippen molar-refractivity contribution in [3.05, 3.63) is 62.2 Å². The lowest BCUT2D eigenvalue weighted by molar-refractivity contribution is -0.136. The lowest BCUT2D eigenvalue weighted by Gasteiger charge is -2.28. The predicted octanol–water partition coefficient (Wildman–Crippen LogP) is 4.05. The average molecular weight is 487 g/mol. The zero-order valence-electron chi connectivity index (χ0n) is 16.9. The fourth-order valence-electron chi connectivity index (χ4n) is 4.00. The standard InChI is InChI=1S/C22H19ClN4O3S2/c23-15-1-3-16(4-2-15)27-10-14(9-19(27)28)21(30)26-7-5-17-18(11-26)32-22(24-17)25-20(29)13-6-8-31-12-13/h1-4,6,8,12,14H,5,7,9-11H2,(H,24,25,29). The minimum atomic E-state index is -0.370. The van der Waals surface area contributed by atoms with Crippen LogP contribution >= 0.6 is 34.3 Å². The van der Waals surface area contributed by atoms with Gasteiger partial charge in [-0.25, -0.2) is 4.98 Å². The number of thiazole rings is 1. The van der Waals surface area contributed by atoms with E-state index >= 15 is 0 Å². The number of amides is 3. The van der Waals surface area contributed by atoms with Crippen LogP contribution in [0.5, 0.6) is 0 Å². The van der Waals surface area contributed by atoms with Crippen LogP contribution in [-0.4, -0.2) is 40.7 Å². The van der Waals surface area contributed by atoms with E-state index in [1.165, 1.54) is 22.7 Å². The molecular weight excluding hydrogens is 468 g/mol. The first-order chi connectivity index (χ1) is 15.5. The minimum absolute atomic E-state index is 0.0160. The van der Waals surface area contributed by atoms with Gasteiger partial charge in [0.1, 0.15) is 0 Å². The third kappa shape index (κ3) is 4.15. The van der Waals surface area contributed by atoms with E-state index in [9.17, 15) is 14.4 Å². The fourth-order valence-corrected chi connectivity index (χ4v) is 5.78. The maximum atomic E-state index is 13.2. The van der Waals surface area contributed by atoms with Crippen molar-refractivity contribution >= 4 is 62.8 Å². The molecule has 3 aromatic rings. The Balaban J connectivity index is 1.24. The van der Waals surface area contributed by atoms with E-state index in [1.54, 1.807) is 45.5 Å². The average Bonchev–Trinajstić information content (AvgIpc) is 3.53. The number of aromatic nitrogens is 1. The van der Waals surface area contributed by atoms with Crippen LogP contribution in [0.2, 0.25) is 5.02 Å². The van der Waals surface area contributed by atoms with Gasteiger partial charge in [0.25, 0.3) is 5.91 Å². The summed E-state index contributed by atoms with van der Waals surface area (Å²) >= 11 is 8.81. The molecule has 4 heterocycles. The molecule has 0 bridgehead atoms. The van der Waals surface area contributed by atoms with Gasteiger partial charge in [0, 0.05) is 46.9 Å². The van der Waals surface area contributed by atoms with E-state index in [2.05, 4.69) is 10.3 Å².